The number of benzene rings is 2. The van der Waals surface area contributed by atoms with Gasteiger partial charge in [0.05, 0.1) is 12.2 Å². The number of ether oxygens (including phenoxy) is 1. The highest BCUT2D eigenvalue weighted by molar-refractivity contribution is 5.38. The number of alkyl halides is 3. The van der Waals surface area contributed by atoms with Gasteiger partial charge in [-0.25, -0.2) is 0 Å². The molecule has 0 aliphatic heterocycles. The molecule has 1 aliphatic carbocycles. The van der Waals surface area contributed by atoms with E-state index in [1.807, 2.05) is 13.0 Å². The Hall–Kier alpha value is -2.01. The first-order valence-corrected chi connectivity index (χ1v) is 9.47. The van der Waals surface area contributed by atoms with E-state index in [9.17, 15) is 18.3 Å². The molecule has 0 radical (unpaired) electrons. The minimum Gasteiger partial charge on any atom is -0.489 e. The zero-order valence-electron chi connectivity index (χ0n) is 15.5. The molecule has 1 aliphatic rings. The van der Waals surface area contributed by atoms with Gasteiger partial charge in [0, 0.05) is 0 Å². The highest BCUT2D eigenvalue weighted by Crippen LogP contribution is 2.42. The molecule has 1 saturated carbocycles. The van der Waals surface area contributed by atoms with Crippen molar-refractivity contribution in [1.29, 1.82) is 0 Å². The second kappa shape index (κ2) is 8.34. The molecule has 2 nitrogen and oxygen atoms in total. The fourth-order valence-electron chi connectivity index (χ4n) is 3.87. The maximum atomic E-state index is 13.6. The highest BCUT2D eigenvalue weighted by Gasteiger charge is 2.36. The molecule has 5 heteroatoms. The summed E-state index contributed by atoms with van der Waals surface area (Å²) in [6.07, 6.45) is 0.0478. The van der Waals surface area contributed by atoms with Crippen molar-refractivity contribution in [3.63, 3.8) is 0 Å². The van der Waals surface area contributed by atoms with Gasteiger partial charge in [-0.3, -0.25) is 0 Å². The van der Waals surface area contributed by atoms with Crippen molar-refractivity contribution in [3.05, 3.63) is 64.2 Å². The van der Waals surface area contributed by atoms with Crippen molar-refractivity contribution < 1.29 is 23.0 Å². The number of aryl methyl sites for hydroxylation is 1. The number of hydrogen-bond donors (Lipinski definition) is 1. The lowest BCUT2D eigenvalue weighted by molar-refractivity contribution is -0.138. The smallest absolute Gasteiger partial charge is 0.416 e. The monoisotopic (exact) mass is 378 g/mol. The summed E-state index contributed by atoms with van der Waals surface area (Å²) in [6, 6.07) is 9.97. The Balaban J connectivity index is 1.79. The standard InChI is InChI=1S/C22H25F3O2/c1-2-16-12-19(9-8-18(16)13-26)27-14-15-7-10-20(17-5-3-4-6-17)21(11-15)22(23,24)25/h7-12,17,26H,2-6,13-14H2,1H3. The lowest BCUT2D eigenvalue weighted by atomic mass is 9.91. The molecule has 0 aromatic heterocycles. The molecule has 0 unspecified atom stereocenters. The third kappa shape index (κ3) is 4.64. The van der Waals surface area contributed by atoms with Gasteiger partial charge in [0.2, 0.25) is 0 Å². The lowest BCUT2D eigenvalue weighted by Crippen LogP contribution is -2.12. The van der Waals surface area contributed by atoms with E-state index in [2.05, 4.69) is 0 Å². The van der Waals surface area contributed by atoms with E-state index in [0.717, 1.165) is 43.2 Å². The number of aliphatic hydroxyl groups excluding tert-OH is 1. The van der Waals surface area contributed by atoms with Gasteiger partial charge in [0.1, 0.15) is 12.4 Å². The van der Waals surface area contributed by atoms with Gasteiger partial charge in [-0.2, -0.15) is 13.2 Å². The molecule has 0 saturated heterocycles. The number of aliphatic hydroxyl groups is 1. The van der Waals surface area contributed by atoms with E-state index < -0.39 is 11.7 Å². The zero-order chi connectivity index (χ0) is 19.4. The van der Waals surface area contributed by atoms with Gasteiger partial charge in [-0.15, -0.1) is 0 Å². The third-order valence-corrected chi connectivity index (χ3v) is 5.35. The highest BCUT2D eigenvalue weighted by atomic mass is 19.4. The summed E-state index contributed by atoms with van der Waals surface area (Å²) < 4.78 is 46.4. The van der Waals surface area contributed by atoms with Crippen LogP contribution in [0.5, 0.6) is 5.75 Å². The molecule has 146 valence electrons. The quantitative estimate of drug-likeness (QED) is 0.668. The summed E-state index contributed by atoms with van der Waals surface area (Å²) >= 11 is 0. The summed E-state index contributed by atoms with van der Waals surface area (Å²) in [5.41, 5.74) is 2.21. The van der Waals surface area contributed by atoms with Crippen LogP contribution in [0.15, 0.2) is 36.4 Å². The maximum absolute atomic E-state index is 13.6. The van der Waals surface area contributed by atoms with Crippen LogP contribution in [0.3, 0.4) is 0 Å². The summed E-state index contributed by atoms with van der Waals surface area (Å²) in [7, 11) is 0. The molecule has 0 atom stereocenters. The average Bonchev–Trinajstić information content (AvgIpc) is 3.19. The van der Waals surface area contributed by atoms with E-state index in [1.165, 1.54) is 6.07 Å². The second-order valence-electron chi connectivity index (χ2n) is 7.13. The van der Waals surface area contributed by atoms with Gasteiger partial charge in [0.15, 0.2) is 0 Å². The van der Waals surface area contributed by atoms with Crippen LogP contribution in [-0.4, -0.2) is 5.11 Å². The normalized spacial score (nSPS) is 15.3. The van der Waals surface area contributed by atoms with Gasteiger partial charge >= 0.3 is 6.18 Å². The first kappa shape index (κ1) is 19.7. The van der Waals surface area contributed by atoms with Crippen LogP contribution in [0.25, 0.3) is 0 Å². The van der Waals surface area contributed by atoms with Crippen molar-refractivity contribution in [2.24, 2.45) is 0 Å². The molecule has 3 rings (SSSR count). The molecule has 1 fully saturated rings. The molecule has 0 spiro atoms. The molecule has 0 heterocycles. The Morgan fingerprint density at radius 1 is 1.04 bits per heavy atom. The van der Waals surface area contributed by atoms with Gasteiger partial charge in [0.25, 0.3) is 0 Å². The first-order chi connectivity index (χ1) is 12.9. The summed E-state index contributed by atoms with van der Waals surface area (Å²) in [6.45, 7) is 2.02. The van der Waals surface area contributed by atoms with Crippen molar-refractivity contribution in [2.75, 3.05) is 0 Å². The molecular formula is C22H25F3O2. The molecule has 2 aromatic carbocycles. The van der Waals surface area contributed by atoms with Crippen molar-refractivity contribution in [1.82, 2.24) is 0 Å². The lowest BCUT2D eigenvalue weighted by Gasteiger charge is -2.19. The maximum Gasteiger partial charge on any atom is 0.416 e. The zero-order valence-corrected chi connectivity index (χ0v) is 15.5. The van der Waals surface area contributed by atoms with Gasteiger partial charge in [-0.1, -0.05) is 38.0 Å². The predicted octanol–water partition coefficient (Wildman–Crippen LogP) is 6.00. The van der Waals surface area contributed by atoms with Crippen molar-refractivity contribution >= 4 is 0 Å². The van der Waals surface area contributed by atoms with E-state index in [-0.39, 0.29) is 19.1 Å². The number of rotatable bonds is 6. The number of hydrogen-bond acceptors (Lipinski definition) is 2. The molecule has 0 amide bonds. The minimum atomic E-state index is -4.36. The van der Waals surface area contributed by atoms with Crippen LogP contribution in [0.4, 0.5) is 13.2 Å². The number of halogens is 3. The minimum absolute atomic E-state index is 0.00901. The van der Waals surface area contributed by atoms with Crippen LogP contribution < -0.4 is 4.74 Å². The first-order valence-electron chi connectivity index (χ1n) is 9.47. The summed E-state index contributed by atoms with van der Waals surface area (Å²) in [4.78, 5) is 0. The molecule has 0 bridgehead atoms. The average molecular weight is 378 g/mol. The Kier molecular flexibility index (Phi) is 6.10. The van der Waals surface area contributed by atoms with Crippen LogP contribution in [0.1, 0.15) is 66.3 Å². The predicted molar refractivity (Wildman–Crippen MR) is 98.7 cm³/mol. The van der Waals surface area contributed by atoms with Crippen LogP contribution >= 0.6 is 0 Å². The fourth-order valence-corrected chi connectivity index (χ4v) is 3.87. The van der Waals surface area contributed by atoms with Crippen LogP contribution in [0.2, 0.25) is 0 Å². The largest absolute Gasteiger partial charge is 0.489 e. The molecule has 1 N–H and O–H groups in total. The summed E-state index contributed by atoms with van der Waals surface area (Å²) in [5.74, 6) is 0.604. The summed E-state index contributed by atoms with van der Waals surface area (Å²) in [5, 5.41) is 9.32. The van der Waals surface area contributed by atoms with Crippen molar-refractivity contribution in [3.8, 4) is 5.75 Å². The topological polar surface area (TPSA) is 29.5 Å². The van der Waals surface area contributed by atoms with E-state index in [1.54, 1.807) is 24.3 Å². The fraction of sp³-hybridized carbons (Fsp3) is 0.455. The van der Waals surface area contributed by atoms with E-state index >= 15 is 0 Å². The third-order valence-electron chi connectivity index (χ3n) is 5.35. The van der Waals surface area contributed by atoms with Crippen LogP contribution in [0, 0.1) is 0 Å². The Labute approximate surface area is 158 Å². The SMILES string of the molecule is CCc1cc(OCc2ccc(C3CCCC3)c(C(F)(F)F)c2)ccc1CO. The van der Waals surface area contributed by atoms with Crippen LogP contribution in [-0.2, 0) is 25.8 Å². The van der Waals surface area contributed by atoms with Gasteiger partial charge in [-0.05, 0) is 65.6 Å². The van der Waals surface area contributed by atoms with E-state index in [4.69, 9.17) is 4.74 Å². The van der Waals surface area contributed by atoms with Crippen molar-refractivity contribution in [2.45, 2.75) is 64.3 Å². The van der Waals surface area contributed by atoms with E-state index in [0.29, 0.717) is 16.9 Å². The molecular weight excluding hydrogens is 353 g/mol. The second-order valence-corrected chi connectivity index (χ2v) is 7.13. The molecule has 27 heavy (non-hydrogen) atoms. The Bertz CT molecular complexity index is 778. The Morgan fingerprint density at radius 3 is 2.41 bits per heavy atom. The van der Waals surface area contributed by atoms with Gasteiger partial charge < -0.3 is 9.84 Å². The Morgan fingerprint density at radius 2 is 1.78 bits per heavy atom. The molecule has 2 aromatic rings.